The molecular formula is C11H13FN2O. The summed E-state index contributed by atoms with van der Waals surface area (Å²) in [5.41, 5.74) is 5.54. The number of hydrogen-bond donors (Lipinski definition) is 2. The molecule has 0 spiro atoms. The van der Waals surface area contributed by atoms with Crippen molar-refractivity contribution in [2.24, 2.45) is 10.9 Å². The Morgan fingerprint density at radius 1 is 1.33 bits per heavy atom. The lowest BCUT2D eigenvalue weighted by Gasteiger charge is -2.34. The summed E-state index contributed by atoms with van der Waals surface area (Å²) < 4.78 is 13.9. The van der Waals surface area contributed by atoms with Crippen LogP contribution in [0.4, 0.5) is 4.39 Å². The van der Waals surface area contributed by atoms with Crippen LogP contribution >= 0.6 is 0 Å². The fourth-order valence-corrected chi connectivity index (χ4v) is 1.77. The highest BCUT2D eigenvalue weighted by molar-refractivity contribution is 5.96. The predicted octanol–water partition coefficient (Wildman–Crippen LogP) is 2.13. The standard InChI is InChI=1S/C11H13FN2O/c12-11(6-1-7-11)9-4-2-8(3-5-9)10(13)14-15/h2-5,15H,1,6-7H2,(H2,13,14). The van der Waals surface area contributed by atoms with Gasteiger partial charge in [-0.3, -0.25) is 0 Å². The molecule has 1 fully saturated rings. The second kappa shape index (κ2) is 3.53. The first-order chi connectivity index (χ1) is 7.15. The van der Waals surface area contributed by atoms with Gasteiger partial charge in [0.25, 0.3) is 0 Å². The van der Waals surface area contributed by atoms with Gasteiger partial charge in [0, 0.05) is 5.56 Å². The van der Waals surface area contributed by atoms with Gasteiger partial charge in [-0.2, -0.15) is 0 Å². The van der Waals surface area contributed by atoms with Crippen LogP contribution in [0.25, 0.3) is 0 Å². The van der Waals surface area contributed by atoms with E-state index in [1.165, 1.54) is 0 Å². The number of amidine groups is 1. The van der Waals surface area contributed by atoms with Crippen molar-refractivity contribution in [1.29, 1.82) is 0 Å². The van der Waals surface area contributed by atoms with E-state index in [1.54, 1.807) is 24.3 Å². The van der Waals surface area contributed by atoms with Gasteiger partial charge in [0.15, 0.2) is 5.84 Å². The Kier molecular flexibility index (Phi) is 2.34. The van der Waals surface area contributed by atoms with Crippen LogP contribution in [0.3, 0.4) is 0 Å². The van der Waals surface area contributed by atoms with E-state index < -0.39 is 5.67 Å². The summed E-state index contributed by atoms with van der Waals surface area (Å²) in [5, 5.41) is 11.3. The first kappa shape index (κ1) is 9.96. The number of alkyl halides is 1. The molecule has 1 saturated carbocycles. The van der Waals surface area contributed by atoms with Gasteiger partial charge in [-0.05, 0) is 24.8 Å². The van der Waals surface area contributed by atoms with Crippen LogP contribution < -0.4 is 5.73 Å². The fraction of sp³-hybridized carbons (Fsp3) is 0.364. The summed E-state index contributed by atoms with van der Waals surface area (Å²) in [6.07, 6.45) is 2.13. The minimum atomic E-state index is -1.15. The summed E-state index contributed by atoms with van der Waals surface area (Å²) >= 11 is 0. The zero-order valence-corrected chi connectivity index (χ0v) is 8.28. The molecular weight excluding hydrogens is 195 g/mol. The third kappa shape index (κ3) is 1.67. The van der Waals surface area contributed by atoms with E-state index in [0.29, 0.717) is 24.0 Å². The number of rotatable bonds is 2. The Labute approximate surface area is 87.4 Å². The molecule has 3 nitrogen and oxygen atoms in total. The third-order valence-electron chi connectivity index (χ3n) is 2.95. The summed E-state index contributed by atoms with van der Waals surface area (Å²) in [5.74, 6) is 0.0445. The van der Waals surface area contributed by atoms with Crippen LogP contribution in [-0.2, 0) is 5.67 Å². The maximum Gasteiger partial charge on any atom is 0.170 e. The number of hydrogen-bond acceptors (Lipinski definition) is 2. The first-order valence-electron chi connectivity index (χ1n) is 4.93. The van der Waals surface area contributed by atoms with Crippen molar-refractivity contribution in [3.63, 3.8) is 0 Å². The highest BCUT2D eigenvalue weighted by Crippen LogP contribution is 2.44. The number of nitrogens with two attached hydrogens (primary N) is 1. The Bertz CT molecular complexity index is 382. The predicted molar refractivity (Wildman–Crippen MR) is 55.6 cm³/mol. The molecule has 1 aromatic carbocycles. The smallest absolute Gasteiger partial charge is 0.170 e. The molecule has 0 amide bonds. The van der Waals surface area contributed by atoms with Crippen LogP contribution in [0.15, 0.2) is 29.4 Å². The van der Waals surface area contributed by atoms with Crippen molar-refractivity contribution in [2.75, 3.05) is 0 Å². The van der Waals surface area contributed by atoms with E-state index in [4.69, 9.17) is 10.9 Å². The van der Waals surface area contributed by atoms with E-state index in [1.807, 2.05) is 0 Å². The second-order valence-electron chi connectivity index (χ2n) is 3.88. The molecule has 0 heterocycles. The molecule has 3 N–H and O–H groups in total. The van der Waals surface area contributed by atoms with E-state index in [2.05, 4.69) is 5.16 Å². The average Bonchev–Trinajstić information content (AvgIpc) is 2.25. The Morgan fingerprint density at radius 3 is 2.33 bits per heavy atom. The van der Waals surface area contributed by atoms with Gasteiger partial charge in [0.1, 0.15) is 5.67 Å². The topological polar surface area (TPSA) is 58.6 Å². The van der Waals surface area contributed by atoms with Gasteiger partial charge in [0.2, 0.25) is 0 Å². The van der Waals surface area contributed by atoms with Crippen LogP contribution in [0.5, 0.6) is 0 Å². The molecule has 0 saturated heterocycles. The molecule has 0 unspecified atom stereocenters. The SMILES string of the molecule is NC(=NO)c1ccc(C2(F)CCC2)cc1. The Balaban J connectivity index is 2.24. The molecule has 0 atom stereocenters. The number of oxime groups is 1. The lowest BCUT2D eigenvalue weighted by atomic mass is 9.77. The molecule has 80 valence electrons. The van der Waals surface area contributed by atoms with Gasteiger partial charge < -0.3 is 10.9 Å². The van der Waals surface area contributed by atoms with Gasteiger partial charge >= 0.3 is 0 Å². The monoisotopic (exact) mass is 208 g/mol. The fourth-order valence-electron chi connectivity index (χ4n) is 1.77. The van der Waals surface area contributed by atoms with Gasteiger partial charge in [0.05, 0.1) is 0 Å². The number of nitrogens with zero attached hydrogens (tertiary/aromatic N) is 1. The van der Waals surface area contributed by atoms with Gasteiger partial charge in [-0.25, -0.2) is 4.39 Å². The first-order valence-corrected chi connectivity index (χ1v) is 4.93. The van der Waals surface area contributed by atoms with E-state index in [0.717, 1.165) is 6.42 Å². The summed E-state index contributed by atoms with van der Waals surface area (Å²) in [6, 6.07) is 6.74. The lowest BCUT2D eigenvalue weighted by Crippen LogP contribution is -2.28. The molecule has 0 bridgehead atoms. The van der Waals surface area contributed by atoms with Crippen molar-refractivity contribution in [1.82, 2.24) is 0 Å². The lowest BCUT2D eigenvalue weighted by molar-refractivity contribution is 0.0609. The van der Waals surface area contributed by atoms with E-state index in [9.17, 15) is 4.39 Å². The minimum Gasteiger partial charge on any atom is -0.409 e. The van der Waals surface area contributed by atoms with Crippen molar-refractivity contribution >= 4 is 5.84 Å². The number of halogens is 1. The second-order valence-corrected chi connectivity index (χ2v) is 3.88. The molecule has 2 rings (SSSR count). The zero-order chi connectivity index (χ0) is 10.9. The summed E-state index contributed by atoms with van der Waals surface area (Å²) in [7, 11) is 0. The molecule has 0 aliphatic heterocycles. The van der Waals surface area contributed by atoms with Crippen LogP contribution in [0, 0.1) is 0 Å². The van der Waals surface area contributed by atoms with E-state index >= 15 is 0 Å². The van der Waals surface area contributed by atoms with E-state index in [-0.39, 0.29) is 5.84 Å². The highest BCUT2D eigenvalue weighted by Gasteiger charge is 2.38. The summed E-state index contributed by atoms with van der Waals surface area (Å²) in [6.45, 7) is 0. The maximum absolute atomic E-state index is 13.9. The molecule has 1 aliphatic rings. The Hall–Kier alpha value is -1.58. The minimum absolute atomic E-state index is 0.0445. The number of benzene rings is 1. The molecule has 0 radical (unpaired) electrons. The van der Waals surface area contributed by atoms with Gasteiger partial charge in [-0.1, -0.05) is 29.4 Å². The third-order valence-corrected chi connectivity index (χ3v) is 2.95. The highest BCUT2D eigenvalue weighted by atomic mass is 19.1. The molecule has 4 heteroatoms. The van der Waals surface area contributed by atoms with Gasteiger partial charge in [-0.15, -0.1) is 0 Å². The molecule has 1 aliphatic carbocycles. The largest absolute Gasteiger partial charge is 0.409 e. The normalized spacial score (nSPS) is 19.7. The quantitative estimate of drug-likeness (QED) is 0.338. The van der Waals surface area contributed by atoms with Crippen molar-refractivity contribution < 1.29 is 9.60 Å². The van der Waals surface area contributed by atoms with Crippen LogP contribution in [0.2, 0.25) is 0 Å². The van der Waals surface area contributed by atoms with Crippen molar-refractivity contribution in [3.8, 4) is 0 Å². The molecule has 1 aromatic rings. The van der Waals surface area contributed by atoms with Crippen molar-refractivity contribution in [2.45, 2.75) is 24.9 Å². The molecule has 15 heavy (non-hydrogen) atoms. The summed E-state index contributed by atoms with van der Waals surface area (Å²) in [4.78, 5) is 0. The van der Waals surface area contributed by atoms with Crippen molar-refractivity contribution in [3.05, 3.63) is 35.4 Å². The van der Waals surface area contributed by atoms with Crippen LogP contribution in [0.1, 0.15) is 30.4 Å². The average molecular weight is 208 g/mol. The van der Waals surface area contributed by atoms with Crippen LogP contribution in [-0.4, -0.2) is 11.0 Å². The zero-order valence-electron chi connectivity index (χ0n) is 8.28. The maximum atomic E-state index is 13.9. The Morgan fingerprint density at radius 2 is 1.93 bits per heavy atom. The molecule has 0 aromatic heterocycles.